The van der Waals surface area contributed by atoms with Crippen LogP contribution in [0.25, 0.3) is 10.9 Å². The molecule has 0 spiro atoms. The van der Waals surface area contributed by atoms with Gasteiger partial charge in [0.25, 0.3) is 0 Å². The lowest BCUT2D eigenvalue weighted by Gasteiger charge is -2.01. The van der Waals surface area contributed by atoms with Crippen molar-refractivity contribution >= 4 is 10.9 Å². The van der Waals surface area contributed by atoms with Crippen molar-refractivity contribution in [1.82, 2.24) is 4.98 Å². The number of fused-ring (bicyclic) bond motifs is 1. The topological polar surface area (TPSA) is 12.9 Å². The predicted molar refractivity (Wildman–Crippen MR) is 51.1 cm³/mol. The second-order valence-electron chi connectivity index (χ2n) is 2.78. The highest BCUT2D eigenvalue weighted by molar-refractivity contribution is 5.81. The quantitative estimate of drug-likeness (QED) is 0.622. The van der Waals surface area contributed by atoms with E-state index in [0.29, 0.717) is 6.17 Å². The SMILES string of the molecule is [2H]c1cc(CC)c2ccccc2n1. The van der Waals surface area contributed by atoms with Gasteiger partial charge in [-0.05, 0) is 24.1 Å². The van der Waals surface area contributed by atoms with Gasteiger partial charge in [0.1, 0.15) is 0 Å². The number of para-hydroxylation sites is 1. The average molecular weight is 158 g/mol. The van der Waals surface area contributed by atoms with Crippen molar-refractivity contribution in [1.29, 1.82) is 0 Å². The molecule has 0 saturated heterocycles. The molecule has 0 radical (unpaired) electrons. The number of hydrogen-bond donors (Lipinski definition) is 0. The van der Waals surface area contributed by atoms with Crippen LogP contribution in [0.5, 0.6) is 0 Å². The van der Waals surface area contributed by atoms with Gasteiger partial charge in [-0.1, -0.05) is 25.1 Å². The molecule has 1 aromatic heterocycles. The molecule has 0 N–H and O–H groups in total. The van der Waals surface area contributed by atoms with E-state index in [9.17, 15) is 0 Å². The third kappa shape index (κ3) is 1.07. The van der Waals surface area contributed by atoms with Crippen LogP contribution in [0, 0.1) is 0 Å². The number of aromatic nitrogens is 1. The Hall–Kier alpha value is -1.37. The molecule has 0 fully saturated rings. The molecular weight excluding hydrogens is 146 g/mol. The van der Waals surface area contributed by atoms with Gasteiger partial charge >= 0.3 is 0 Å². The number of pyridine rings is 1. The molecule has 1 heteroatoms. The van der Waals surface area contributed by atoms with Gasteiger partial charge in [-0.2, -0.15) is 0 Å². The van der Waals surface area contributed by atoms with Crippen LogP contribution in [-0.2, 0) is 6.42 Å². The molecule has 0 saturated carbocycles. The molecule has 2 aromatic rings. The van der Waals surface area contributed by atoms with Gasteiger partial charge in [-0.3, -0.25) is 4.98 Å². The summed E-state index contributed by atoms with van der Waals surface area (Å²) in [6, 6.07) is 9.80. The summed E-state index contributed by atoms with van der Waals surface area (Å²) in [6.45, 7) is 2.10. The summed E-state index contributed by atoms with van der Waals surface area (Å²) in [4.78, 5) is 4.15. The van der Waals surface area contributed by atoms with Gasteiger partial charge in [0.05, 0.1) is 6.89 Å². The van der Waals surface area contributed by atoms with Gasteiger partial charge in [0, 0.05) is 11.6 Å². The van der Waals surface area contributed by atoms with E-state index in [2.05, 4.69) is 18.0 Å². The molecular formula is C11H11N. The Morgan fingerprint density at radius 2 is 2.17 bits per heavy atom. The van der Waals surface area contributed by atoms with E-state index in [1.54, 1.807) is 0 Å². The summed E-state index contributed by atoms with van der Waals surface area (Å²) < 4.78 is 7.51. The van der Waals surface area contributed by atoms with Gasteiger partial charge in [0.15, 0.2) is 0 Å². The van der Waals surface area contributed by atoms with E-state index >= 15 is 0 Å². The molecule has 1 heterocycles. The Balaban J connectivity index is 2.81. The van der Waals surface area contributed by atoms with Gasteiger partial charge in [0.2, 0.25) is 0 Å². The summed E-state index contributed by atoms with van der Waals surface area (Å²) in [7, 11) is 0. The van der Waals surface area contributed by atoms with Crippen molar-refractivity contribution in [2.24, 2.45) is 0 Å². The predicted octanol–water partition coefficient (Wildman–Crippen LogP) is 2.80. The number of aryl methyl sites for hydroxylation is 1. The number of benzene rings is 1. The number of hydrogen-bond acceptors (Lipinski definition) is 1. The molecule has 0 aliphatic carbocycles. The molecule has 12 heavy (non-hydrogen) atoms. The zero-order chi connectivity index (χ0) is 9.26. The van der Waals surface area contributed by atoms with Crippen LogP contribution < -0.4 is 0 Å². The van der Waals surface area contributed by atoms with Crippen LogP contribution in [0.2, 0.25) is 0 Å². The second-order valence-corrected chi connectivity index (χ2v) is 2.78. The molecule has 0 atom stereocenters. The monoisotopic (exact) mass is 158 g/mol. The molecule has 0 unspecified atom stereocenters. The maximum atomic E-state index is 7.51. The zero-order valence-corrected chi connectivity index (χ0v) is 7.04. The van der Waals surface area contributed by atoms with Crippen molar-refractivity contribution in [3.8, 4) is 0 Å². The van der Waals surface area contributed by atoms with Crippen LogP contribution in [0.4, 0.5) is 0 Å². The van der Waals surface area contributed by atoms with Crippen molar-refractivity contribution in [2.45, 2.75) is 13.3 Å². The Morgan fingerprint density at radius 1 is 1.33 bits per heavy atom. The summed E-state index contributed by atoms with van der Waals surface area (Å²) in [5.41, 5.74) is 2.13. The molecule has 1 aromatic carbocycles. The van der Waals surface area contributed by atoms with Gasteiger partial charge in [-0.15, -0.1) is 0 Å². The third-order valence-corrected chi connectivity index (χ3v) is 2.05. The molecule has 0 bridgehead atoms. The Bertz CT molecular complexity index is 437. The maximum Gasteiger partial charge on any atom is 0.0840 e. The van der Waals surface area contributed by atoms with Crippen LogP contribution in [-0.4, -0.2) is 4.98 Å². The average Bonchev–Trinajstić information content (AvgIpc) is 2.16. The smallest absolute Gasteiger partial charge is 0.0840 e. The first-order chi connectivity index (χ1) is 6.31. The van der Waals surface area contributed by atoms with E-state index in [-0.39, 0.29) is 0 Å². The highest BCUT2D eigenvalue weighted by Crippen LogP contribution is 2.15. The number of rotatable bonds is 1. The fraction of sp³-hybridized carbons (Fsp3) is 0.182. The highest BCUT2D eigenvalue weighted by atomic mass is 14.6. The molecule has 0 amide bonds. The Morgan fingerprint density at radius 3 is 3.00 bits per heavy atom. The second kappa shape index (κ2) is 2.94. The first kappa shape index (κ1) is 6.18. The van der Waals surface area contributed by atoms with Crippen LogP contribution in [0.1, 0.15) is 13.9 Å². The molecule has 1 nitrogen and oxygen atoms in total. The summed E-state index contributed by atoms with van der Waals surface area (Å²) in [6.07, 6.45) is 1.31. The van der Waals surface area contributed by atoms with E-state index < -0.39 is 0 Å². The van der Waals surface area contributed by atoms with E-state index in [0.717, 1.165) is 11.9 Å². The Labute approximate surface area is 73.5 Å². The van der Waals surface area contributed by atoms with E-state index in [1.807, 2.05) is 24.3 Å². The maximum absolute atomic E-state index is 7.51. The summed E-state index contributed by atoms with van der Waals surface area (Å²) in [5, 5.41) is 1.17. The largest absolute Gasteiger partial charge is 0.256 e. The van der Waals surface area contributed by atoms with Crippen LogP contribution >= 0.6 is 0 Å². The lowest BCUT2D eigenvalue weighted by Crippen LogP contribution is -1.84. The molecule has 0 aliphatic heterocycles. The third-order valence-electron chi connectivity index (χ3n) is 2.05. The van der Waals surface area contributed by atoms with Crippen LogP contribution in [0.3, 0.4) is 0 Å². The lowest BCUT2D eigenvalue weighted by atomic mass is 10.1. The standard InChI is InChI=1S/C11H11N/c1-2-9-7-8-12-11-6-4-3-5-10(9)11/h3-8H,2H2,1H3/i8D. The summed E-state index contributed by atoms with van der Waals surface area (Å²) >= 11 is 0. The molecule has 60 valence electrons. The van der Waals surface area contributed by atoms with Gasteiger partial charge in [-0.25, -0.2) is 0 Å². The van der Waals surface area contributed by atoms with Gasteiger partial charge < -0.3 is 0 Å². The van der Waals surface area contributed by atoms with Crippen molar-refractivity contribution in [3.05, 3.63) is 42.1 Å². The van der Waals surface area contributed by atoms with Crippen LogP contribution in [0.15, 0.2) is 36.5 Å². The van der Waals surface area contributed by atoms with E-state index in [4.69, 9.17) is 1.37 Å². The molecule has 2 rings (SSSR count). The molecule has 0 aliphatic rings. The van der Waals surface area contributed by atoms with Crippen molar-refractivity contribution in [2.75, 3.05) is 0 Å². The first-order valence-electron chi connectivity index (χ1n) is 4.66. The summed E-state index contributed by atoms with van der Waals surface area (Å²) in [5.74, 6) is 0. The van der Waals surface area contributed by atoms with Crippen molar-refractivity contribution in [3.63, 3.8) is 0 Å². The minimum atomic E-state index is 0.357. The highest BCUT2D eigenvalue weighted by Gasteiger charge is 1.96. The first-order valence-corrected chi connectivity index (χ1v) is 4.16. The van der Waals surface area contributed by atoms with Crippen molar-refractivity contribution < 1.29 is 1.37 Å². The zero-order valence-electron chi connectivity index (χ0n) is 8.04. The van der Waals surface area contributed by atoms with E-state index in [1.165, 1.54) is 10.9 Å². The fourth-order valence-corrected chi connectivity index (χ4v) is 1.39. The minimum Gasteiger partial charge on any atom is -0.256 e. The minimum absolute atomic E-state index is 0.357. The normalized spacial score (nSPS) is 11.6. The number of nitrogens with zero attached hydrogens (tertiary/aromatic N) is 1. The Kier molecular flexibility index (Phi) is 1.51. The fourth-order valence-electron chi connectivity index (χ4n) is 1.39. The lowest BCUT2D eigenvalue weighted by molar-refractivity contribution is 1.15.